The quantitative estimate of drug-likeness (QED) is 0.857. The van der Waals surface area contributed by atoms with E-state index in [1.54, 1.807) is 0 Å². The van der Waals surface area contributed by atoms with E-state index in [1.807, 2.05) is 0 Å². The smallest absolute Gasteiger partial charge is 0.228 e. The summed E-state index contributed by atoms with van der Waals surface area (Å²) in [5, 5.41) is 0. The van der Waals surface area contributed by atoms with Crippen molar-refractivity contribution in [2.75, 3.05) is 32.8 Å². The van der Waals surface area contributed by atoms with Crippen LogP contribution in [-0.4, -0.2) is 54.6 Å². The van der Waals surface area contributed by atoms with Crippen LogP contribution in [0.5, 0.6) is 0 Å². The molecule has 2 aliphatic rings. The van der Waals surface area contributed by atoms with Gasteiger partial charge in [0, 0.05) is 38.8 Å². The number of carbonyl (C=O) groups excluding carboxylic acids is 1. The highest BCUT2D eigenvalue weighted by Gasteiger charge is 2.32. The fourth-order valence-electron chi connectivity index (χ4n) is 3.52. The molecule has 0 saturated carbocycles. The summed E-state index contributed by atoms with van der Waals surface area (Å²) in [6, 6.07) is 10.9. The lowest BCUT2D eigenvalue weighted by atomic mass is 10.1. The Kier molecular flexibility index (Phi) is 5.11. The first-order valence-electron chi connectivity index (χ1n) is 8.38. The van der Waals surface area contributed by atoms with Crippen molar-refractivity contribution in [1.82, 2.24) is 9.80 Å². The number of hydrogen-bond acceptors (Lipinski definition) is 3. The van der Waals surface area contributed by atoms with Crippen molar-refractivity contribution in [2.45, 2.75) is 32.4 Å². The van der Waals surface area contributed by atoms with Gasteiger partial charge in [0.1, 0.15) is 0 Å². The summed E-state index contributed by atoms with van der Waals surface area (Å²) in [5.74, 6) is 0.384. The molecule has 0 bridgehead atoms. The van der Waals surface area contributed by atoms with Crippen molar-refractivity contribution in [3.63, 3.8) is 0 Å². The number of ether oxygens (including phenoxy) is 1. The van der Waals surface area contributed by atoms with Gasteiger partial charge in [-0.05, 0) is 25.3 Å². The second kappa shape index (κ2) is 7.25. The molecule has 2 atom stereocenters. The molecule has 0 aliphatic carbocycles. The summed E-state index contributed by atoms with van der Waals surface area (Å²) in [6.07, 6.45) is 1.94. The van der Waals surface area contributed by atoms with E-state index in [-0.39, 0.29) is 12.0 Å². The lowest BCUT2D eigenvalue weighted by molar-refractivity contribution is -0.137. The third-order valence-corrected chi connectivity index (χ3v) is 4.74. The molecule has 0 N–H and O–H groups in total. The zero-order valence-electron chi connectivity index (χ0n) is 13.4. The van der Waals surface area contributed by atoms with Crippen LogP contribution in [0.3, 0.4) is 0 Å². The van der Waals surface area contributed by atoms with Crippen LogP contribution < -0.4 is 0 Å². The highest BCUT2D eigenvalue weighted by atomic mass is 16.5. The van der Waals surface area contributed by atoms with Crippen LogP contribution in [0.25, 0.3) is 0 Å². The van der Waals surface area contributed by atoms with Gasteiger partial charge in [0.2, 0.25) is 5.91 Å². The highest BCUT2D eigenvalue weighted by molar-refractivity contribution is 5.79. The zero-order valence-corrected chi connectivity index (χ0v) is 13.4. The molecule has 120 valence electrons. The van der Waals surface area contributed by atoms with Crippen molar-refractivity contribution in [1.29, 1.82) is 0 Å². The van der Waals surface area contributed by atoms with Crippen molar-refractivity contribution < 1.29 is 9.53 Å². The van der Waals surface area contributed by atoms with Gasteiger partial charge in [-0.2, -0.15) is 0 Å². The van der Waals surface area contributed by atoms with Crippen LogP contribution in [0, 0.1) is 5.92 Å². The summed E-state index contributed by atoms with van der Waals surface area (Å²) in [4.78, 5) is 17.2. The first-order chi connectivity index (χ1) is 10.7. The minimum Gasteiger partial charge on any atom is -0.381 e. The standard InChI is InChI=1S/C18H26N2O2/c1-15-12-19(13-16-6-3-2-4-7-16)9-5-10-20(15)18(21)17-8-11-22-14-17/h2-4,6-7,15,17H,5,8-14H2,1H3/t15-,17+/m0/s1. The van der Waals surface area contributed by atoms with Crippen LogP contribution in [0.15, 0.2) is 30.3 Å². The number of amides is 1. The predicted octanol–water partition coefficient (Wildman–Crippen LogP) is 2.15. The van der Waals surface area contributed by atoms with Gasteiger partial charge in [0.15, 0.2) is 0 Å². The normalized spacial score (nSPS) is 26.9. The van der Waals surface area contributed by atoms with E-state index in [2.05, 4.69) is 47.1 Å². The van der Waals surface area contributed by atoms with Crippen molar-refractivity contribution >= 4 is 5.91 Å². The number of benzene rings is 1. The van der Waals surface area contributed by atoms with E-state index in [4.69, 9.17) is 4.74 Å². The Morgan fingerprint density at radius 2 is 2.09 bits per heavy atom. The third kappa shape index (κ3) is 3.68. The summed E-state index contributed by atoms with van der Waals surface area (Å²) >= 11 is 0. The number of carbonyl (C=O) groups is 1. The topological polar surface area (TPSA) is 32.8 Å². The fraction of sp³-hybridized carbons (Fsp3) is 0.611. The minimum atomic E-state index is 0.0862. The average molecular weight is 302 g/mol. The Morgan fingerprint density at radius 3 is 2.82 bits per heavy atom. The molecule has 2 aliphatic heterocycles. The van der Waals surface area contributed by atoms with Gasteiger partial charge in [-0.1, -0.05) is 30.3 Å². The Morgan fingerprint density at radius 1 is 1.27 bits per heavy atom. The molecule has 2 heterocycles. The molecule has 4 nitrogen and oxygen atoms in total. The SMILES string of the molecule is C[C@H]1CN(Cc2ccccc2)CCCN1C(=O)[C@@H]1CCOC1. The third-order valence-electron chi connectivity index (χ3n) is 4.74. The minimum absolute atomic E-state index is 0.0862. The molecule has 4 heteroatoms. The molecule has 1 aromatic carbocycles. The molecule has 0 radical (unpaired) electrons. The van der Waals surface area contributed by atoms with Gasteiger partial charge in [-0.25, -0.2) is 0 Å². The summed E-state index contributed by atoms with van der Waals surface area (Å²) in [6.45, 7) is 7.38. The summed E-state index contributed by atoms with van der Waals surface area (Å²) in [7, 11) is 0. The molecule has 1 amide bonds. The largest absolute Gasteiger partial charge is 0.381 e. The molecule has 3 rings (SSSR count). The summed E-state index contributed by atoms with van der Waals surface area (Å²) < 4.78 is 5.38. The first-order valence-corrected chi connectivity index (χ1v) is 8.38. The van der Waals surface area contributed by atoms with E-state index in [9.17, 15) is 4.79 Å². The molecular formula is C18H26N2O2. The van der Waals surface area contributed by atoms with Gasteiger partial charge >= 0.3 is 0 Å². The van der Waals surface area contributed by atoms with Gasteiger partial charge < -0.3 is 9.64 Å². The second-order valence-electron chi connectivity index (χ2n) is 6.52. The predicted molar refractivity (Wildman–Crippen MR) is 86.4 cm³/mol. The monoisotopic (exact) mass is 302 g/mol. The zero-order chi connectivity index (χ0) is 15.4. The molecule has 0 aromatic heterocycles. The van der Waals surface area contributed by atoms with Gasteiger partial charge in [-0.15, -0.1) is 0 Å². The van der Waals surface area contributed by atoms with E-state index < -0.39 is 0 Å². The van der Waals surface area contributed by atoms with Crippen molar-refractivity contribution in [3.05, 3.63) is 35.9 Å². The number of nitrogens with zero attached hydrogens (tertiary/aromatic N) is 2. The molecule has 1 aromatic rings. The molecule has 22 heavy (non-hydrogen) atoms. The van der Waals surface area contributed by atoms with E-state index in [0.29, 0.717) is 12.5 Å². The molecule has 2 fully saturated rings. The highest BCUT2D eigenvalue weighted by Crippen LogP contribution is 2.20. The first kappa shape index (κ1) is 15.5. The van der Waals surface area contributed by atoms with E-state index in [1.165, 1.54) is 5.56 Å². The van der Waals surface area contributed by atoms with E-state index in [0.717, 1.165) is 45.6 Å². The molecular weight excluding hydrogens is 276 g/mol. The van der Waals surface area contributed by atoms with Gasteiger partial charge in [0.05, 0.1) is 12.5 Å². The van der Waals surface area contributed by atoms with Gasteiger partial charge in [0.25, 0.3) is 0 Å². The Labute approximate surface area is 133 Å². The average Bonchev–Trinajstić information content (AvgIpc) is 3.00. The van der Waals surface area contributed by atoms with Crippen LogP contribution in [0.1, 0.15) is 25.3 Å². The van der Waals surface area contributed by atoms with Crippen LogP contribution in [0.2, 0.25) is 0 Å². The maximum Gasteiger partial charge on any atom is 0.228 e. The second-order valence-corrected chi connectivity index (χ2v) is 6.52. The van der Waals surface area contributed by atoms with Crippen LogP contribution >= 0.6 is 0 Å². The molecule has 0 unspecified atom stereocenters. The lowest BCUT2D eigenvalue weighted by Crippen LogP contribution is -2.45. The number of rotatable bonds is 3. The lowest BCUT2D eigenvalue weighted by Gasteiger charge is -2.30. The van der Waals surface area contributed by atoms with Crippen molar-refractivity contribution in [2.24, 2.45) is 5.92 Å². The summed E-state index contributed by atoms with van der Waals surface area (Å²) in [5.41, 5.74) is 1.35. The molecule has 2 saturated heterocycles. The van der Waals surface area contributed by atoms with Crippen LogP contribution in [0.4, 0.5) is 0 Å². The Hall–Kier alpha value is -1.39. The molecule has 0 spiro atoms. The Bertz CT molecular complexity index is 485. The van der Waals surface area contributed by atoms with E-state index >= 15 is 0 Å². The Balaban J connectivity index is 1.60. The number of hydrogen-bond donors (Lipinski definition) is 0. The van der Waals surface area contributed by atoms with Crippen LogP contribution in [-0.2, 0) is 16.1 Å². The maximum atomic E-state index is 12.7. The maximum absolute atomic E-state index is 12.7. The van der Waals surface area contributed by atoms with Gasteiger partial charge in [-0.3, -0.25) is 9.69 Å². The fourth-order valence-corrected chi connectivity index (χ4v) is 3.52. The van der Waals surface area contributed by atoms with Crippen molar-refractivity contribution in [3.8, 4) is 0 Å².